The summed E-state index contributed by atoms with van der Waals surface area (Å²) in [4.78, 5) is 12.3. The van der Waals surface area contributed by atoms with Crippen LogP contribution < -0.4 is 0 Å². The molecule has 0 amide bonds. The van der Waals surface area contributed by atoms with Crippen molar-refractivity contribution in [2.24, 2.45) is 0 Å². The molecular formula is C15H16FNO3. The smallest absolute Gasteiger partial charge is 0.304 e. The third kappa shape index (κ3) is 3.68. The molecule has 0 spiro atoms. The predicted molar refractivity (Wildman–Crippen MR) is 72.7 cm³/mol. The fourth-order valence-electron chi connectivity index (χ4n) is 1.90. The van der Waals surface area contributed by atoms with Gasteiger partial charge in [0.15, 0.2) is 0 Å². The molecule has 0 atom stereocenters. The van der Waals surface area contributed by atoms with Gasteiger partial charge < -0.3 is 9.52 Å². The van der Waals surface area contributed by atoms with Crippen molar-refractivity contribution in [1.82, 2.24) is 4.90 Å². The van der Waals surface area contributed by atoms with Crippen molar-refractivity contribution in [3.05, 3.63) is 48.0 Å². The van der Waals surface area contributed by atoms with E-state index in [1.807, 2.05) is 11.9 Å². The van der Waals surface area contributed by atoms with Gasteiger partial charge in [-0.05, 0) is 31.3 Å². The zero-order valence-electron chi connectivity index (χ0n) is 11.2. The Balaban J connectivity index is 2.02. The van der Waals surface area contributed by atoms with Crippen LogP contribution in [0.4, 0.5) is 4.39 Å². The van der Waals surface area contributed by atoms with Gasteiger partial charge in [-0.25, -0.2) is 4.39 Å². The summed E-state index contributed by atoms with van der Waals surface area (Å²) in [7, 11) is 1.81. The minimum absolute atomic E-state index is 0.0807. The lowest BCUT2D eigenvalue weighted by Crippen LogP contribution is -2.20. The normalized spacial score (nSPS) is 10.9. The number of aliphatic carboxylic acids is 1. The van der Waals surface area contributed by atoms with E-state index >= 15 is 0 Å². The van der Waals surface area contributed by atoms with Gasteiger partial charge >= 0.3 is 5.97 Å². The monoisotopic (exact) mass is 277 g/mol. The van der Waals surface area contributed by atoms with Crippen molar-refractivity contribution in [2.75, 3.05) is 13.6 Å². The summed E-state index contributed by atoms with van der Waals surface area (Å²) in [6.45, 7) is 0.923. The average Bonchev–Trinajstić information content (AvgIpc) is 2.85. The molecule has 1 heterocycles. The van der Waals surface area contributed by atoms with Crippen LogP contribution in [-0.4, -0.2) is 29.6 Å². The second-order valence-corrected chi connectivity index (χ2v) is 4.63. The van der Waals surface area contributed by atoms with E-state index in [0.29, 0.717) is 30.2 Å². The molecule has 0 saturated heterocycles. The van der Waals surface area contributed by atoms with Gasteiger partial charge in [-0.15, -0.1) is 0 Å². The third-order valence-electron chi connectivity index (χ3n) is 2.93. The fraction of sp³-hybridized carbons (Fsp3) is 0.267. The molecule has 0 radical (unpaired) electrons. The Bertz CT molecular complexity index is 594. The number of carboxylic acid groups (broad SMARTS) is 1. The Morgan fingerprint density at radius 2 is 2.05 bits per heavy atom. The summed E-state index contributed by atoms with van der Waals surface area (Å²) >= 11 is 0. The Hall–Kier alpha value is -2.14. The highest BCUT2D eigenvalue weighted by atomic mass is 19.1. The van der Waals surface area contributed by atoms with Gasteiger partial charge in [-0.2, -0.15) is 0 Å². The maximum absolute atomic E-state index is 13.6. The van der Waals surface area contributed by atoms with Crippen LogP contribution in [0, 0.1) is 5.82 Å². The highest BCUT2D eigenvalue weighted by Gasteiger charge is 2.11. The lowest BCUT2D eigenvalue weighted by molar-refractivity contribution is -0.137. The van der Waals surface area contributed by atoms with E-state index in [1.54, 1.807) is 30.3 Å². The van der Waals surface area contributed by atoms with E-state index in [2.05, 4.69) is 0 Å². The first-order valence-electron chi connectivity index (χ1n) is 6.30. The summed E-state index contributed by atoms with van der Waals surface area (Å²) < 4.78 is 19.2. The third-order valence-corrected chi connectivity index (χ3v) is 2.93. The first-order valence-corrected chi connectivity index (χ1v) is 6.30. The molecule has 5 heteroatoms. The van der Waals surface area contributed by atoms with E-state index in [0.717, 1.165) is 0 Å². The van der Waals surface area contributed by atoms with Gasteiger partial charge in [-0.3, -0.25) is 9.69 Å². The lowest BCUT2D eigenvalue weighted by Gasteiger charge is -2.13. The molecule has 2 aromatic rings. The Labute approximate surface area is 116 Å². The number of furan rings is 1. The lowest BCUT2D eigenvalue weighted by atomic mass is 10.1. The van der Waals surface area contributed by atoms with Crippen LogP contribution in [0.15, 0.2) is 40.8 Å². The van der Waals surface area contributed by atoms with Crippen molar-refractivity contribution < 1.29 is 18.7 Å². The zero-order valence-corrected chi connectivity index (χ0v) is 11.2. The number of hydrogen-bond acceptors (Lipinski definition) is 3. The molecule has 20 heavy (non-hydrogen) atoms. The van der Waals surface area contributed by atoms with Crippen LogP contribution in [0.1, 0.15) is 12.2 Å². The Morgan fingerprint density at radius 3 is 2.75 bits per heavy atom. The largest absolute Gasteiger partial charge is 0.481 e. The number of halogens is 1. The summed E-state index contributed by atoms with van der Waals surface area (Å²) in [5, 5.41) is 8.62. The molecule has 0 unspecified atom stereocenters. The van der Waals surface area contributed by atoms with E-state index in [1.165, 1.54) is 6.07 Å². The zero-order chi connectivity index (χ0) is 14.5. The van der Waals surface area contributed by atoms with Gasteiger partial charge in [-0.1, -0.05) is 12.1 Å². The molecular weight excluding hydrogens is 261 g/mol. The average molecular weight is 277 g/mol. The van der Waals surface area contributed by atoms with Crippen LogP contribution in [-0.2, 0) is 11.3 Å². The highest BCUT2D eigenvalue weighted by Crippen LogP contribution is 2.25. The molecule has 0 aliphatic heterocycles. The van der Waals surface area contributed by atoms with Crippen LogP contribution in [0.5, 0.6) is 0 Å². The molecule has 1 aromatic heterocycles. The quantitative estimate of drug-likeness (QED) is 0.882. The van der Waals surface area contributed by atoms with Crippen LogP contribution in [0.25, 0.3) is 11.3 Å². The number of carbonyl (C=O) groups is 1. The van der Waals surface area contributed by atoms with Crippen LogP contribution in [0.3, 0.4) is 0 Å². The molecule has 0 bridgehead atoms. The number of carboxylic acids is 1. The second kappa shape index (κ2) is 6.34. The minimum Gasteiger partial charge on any atom is -0.481 e. The highest BCUT2D eigenvalue weighted by molar-refractivity contribution is 5.66. The molecule has 0 saturated carbocycles. The van der Waals surface area contributed by atoms with Crippen molar-refractivity contribution >= 4 is 5.97 Å². The maximum Gasteiger partial charge on any atom is 0.304 e. The Kier molecular flexibility index (Phi) is 4.53. The molecule has 106 valence electrons. The topological polar surface area (TPSA) is 53.7 Å². The summed E-state index contributed by atoms with van der Waals surface area (Å²) in [6.07, 6.45) is 0.0807. The first kappa shape index (κ1) is 14.3. The van der Waals surface area contributed by atoms with Crippen molar-refractivity contribution in [1.29, 1.82) is 0 Å². The molecule has 0 aliphatic rings. The van der Waals surface area contributed by atoms with Crippen molar-refractivity contribution in [2.45, 2.75) is 13.0 Å². The number of hydrogen-bond donors (Lipinski definition) is 1. The summed E-state index contributed by atoms with van der Waals surface area (Å²) in [5.41, 5.74) is 0.423. The number of benzene rings is 1. The van der Waals surface area contributed by atoms with E-state index < -0.39 is 5.97 Å². The van der Waals surface area contributed by atoms with Crippen LogP contribution in [0.2, 0.25) is 0 Å². The first-order chi connectivity index (χ1) is 9.56. The molecule has 1 aromatic carbocycles. The van der Waals surface area contributed by atoms with Gasteiger partial charge in [0.25, 0.3) is 0 Å². The fourth-order valence-corrected chi connectivity index (χ4v) is 1.90. The van der Waals surface area contributed by atoms with Gasteiger partial charge in [0.05, 0.1) is 18.5 Å². The van der Waals surface area contributed by atoms with E-state index in [4.69, 9.17) is 9.52 Å². The van der Waals surface area contributed by atoms with Gasteiger partial charge in [0.2, 0.25) is 0 Å². The standard InChI is InChI=1S/C15H16FNO3/c1-17(9-8-15(18)19)10-11-6-7-14(20-11)12-4-2-3-5-13(12)16/h2-7H,8-10H2,1H3,(H,18,19). The van der Waals surface area contributed by atoms with Crippen molar-refractivity contribution in [3.8, 4) is 11.3 Å². The Morgan fingerprint density at radius 1 is 1.30 bits per heavy atom. The molecule has 0 fully saturated rings. The van der Waals surface area contributed by atoms with E-state index in [9.17, 15) is 9.18 Å². The van der Waals surface area contributed by atoms with Crippen molar-refractivity contribution in [3.63, 3.8) is 0 Å². The molecule has 1 N–H and O–H groups in total. The second-order valence-electron chi connectivity index (χ2n) is 4.63. The molecule has 4 nitrogen and oxygen atoms in total. The SMILES string of the molecule is CN(CCC(=O)O)Cc1ccc(-c2ccccc2F)o1. The van der Waals surface area contributed by atoms with Crippen LogP contribution >= 0.6 is 0 Å². The number of rotatable bonds is 6. The number of nitrogens with zero attached hydrogens (tertiary/aromatic N) is 1. The molecule has 2 rings (SSSR count). The molecule has 0 aliphatic carbocycles. The van der Waals surface area contributed by atoms with Gasteiger partial charge in [0.1, 0.15) is 17.3 Å². The minimum atomic E-state index is -0.830. The van der Waals surface area contributed by atoms with Gasteiger partial charge in [0, 0.05) is 6.54 Å². The predicted octanol–water partition coefficient (Wildman–Crippen LogP) is 2.99. The van der Waals surface area contributed by atoms with E-state index in [-0.39, 0.29) is 12.2 Å². The summed E-state index contributed by atoms with van der Waals surface area (Å²) in [5.74, 6) is -0.00292. The summed E-state index contributed by atoms with van der Waals surface area (Å²) in [6, 6.07) is 9.92. The maximum atomic E-state index is 13.6.